The fourth-order valence-electron chi connectivity index (χ4n) is 2.23. The average molecular weight is 371 g/mol. The van der Waals surface area contributed by atoms with Gasteiger partial charge in [-0.15, -0.1) is 0 Å². The van der Waals surface area contributed by atoms with E-state index in [1.165, 1.54) is 16.8 Å². The van der Waals surface area contributed by atoms with Gasteiger partial charge in [-0.25, -0.2) is 4.98 Å². The normalized spacial score (nSPS) is 11.7. The second-order valence-corrected chi connectivity index (χ2v) is 5.68. The van der Waals surface area contributed by atoms with Crippen LogP contribution in [0.4, 0.5) is 13.2 Å². The number of fused-ring (bicyclic) bond motifs is 1. The summed E-state index contributed by atoms with van der Waals surface area (Å²) in [5, 5.41) is 8.35. The van der Waals surface area contributed by atoms with Crippen LogP contribution in [0.5, 0.6) is 0 Å². The monoisotopic (exact) mass is 370 g/mol. The highest BCUT2D eigenvalue weighted by molar-refractivity contribution is 6.32. The zero-order valence-corrected chi connectivity index (χ0v) is 13.3. The molecule has 3 aromatic rings. The first-order valence-electron chi connectivity index (χ1n) is 6.57. The molecule has 2 aromatic heterocycles. The lowest BCUT2D eigenvalue weighted by atomic mass is 10.2. The zero-order chi connectivity index (χ0) is 17.5. The minimum atomic E-state index is -4.57. The molecule has 9 heteroatoms. The Kier molecular flexibility index (Phi) is 4.11. The van der Waals surface area contributed by atoms with Crippen molar-refractivity contribution in [1.29, 1.82) is 5.26 Å². The first-order chi connectivity index (χ1) is 11.3. The number of benzene rings is 1. The van der Waals surface area contributed by atoms with E-state index in [9.17, 15) is 13.2 Å². The second-order valence-electron chi connectivity index (χ2n) is 4.94. The van der Waals surface area contributed by atoms with Crippen molar-refractivity contribution in [2.75, 3.05) is 0 Å². The van der Waals surface area contributed by atoms with Crippen LogP contribution in [0.1, 0.15) is 16.8 Å². The van der Waals surface area contributed by atoms with Crippen molar-refractivity contribution in [3.05, 3.63) is 57.6 Å². The predicted molar refractivity (Wildman–Crippen MR) is 82.8 cm³/mol. The van der Waals surface area contributed by atoms with E-state index < -0.39 is 16.8 Å². The molecule has 0 atom stereocenters. The van der Waals surface area contributed by atoms with Gasteiger partial charge in [0.2, 0.25) is 5.28 Å². The van der Waals surface area contributed by atoms with Gasteiger partial charge in [-0.3, -0.25) is 4.98 Å². The first-order valence-corrected chi connectivity index (χ1v) is 7.32. The Bertz CT molecular complexity index is 956. The van der Waals surface area contributed by atoms with Gasteiger partial charge in [0, 0.05) is 6.20 Å². The second kappa shape index (κ2) is 5.96. The SMILES string of the molecule is N#Cc1ccc(Cn2c(Cl)nc3cc(C(F)(F)F)c(Cl)cc32)nc1. The van der Waals surface area contributed by atoms with Crippen LogP contribution in [-0.2, 0) is 12.7 Å². The molecular formula is C15H7Cl2F3N4. The zero-order valence-electron chi connectivity index (χ0n) is 11.8. The molecule has 0 amide bonds. The summed E-state index contributed by atoms with van der Waals surface area (Å²) in [6, 6.07) is 7.22. The van der Waals surface area contributed by atoms with Crippen molar-refractivity contribution in [3.8, 4) is 6.07 Å². The lowest BCUT2D eigenvalue weighted by molar-refractivity contribution is -0.137. The maximum Gasteiger partial charge on any atom is 0.417 e. The third-order valence-corrected chi connectivity index (χ3v) is 3.97. The Balaban J connectivity index is 2.06. The first kappa shape index (κ1) is 16.6. The standard InChI is InChI=1S/C15H7Cl2F3N4/c16-11-4-13-12(3-10(11)15(18,19)20)23-14(17)24(13)7-9-2-1-8(5-21)6-22-9/h1-4,6H,7H2. The van der Waals surface area contributed by atoms with Crippen LogP contribution in [0.3, 0.4) is 0 Å². The number of hydrogen-bond donors (Lipinski definition) is 0. The van der Waals surface area contributed by atoms with Crippen LogP contribution in [0.2, 0.25) is 10.3 Å². The predicted octanol–water partition coefficient (Wildman–Crippen LogP) is 4.68. The summed E-state index contributed by atoms with van der Waals surface area (Å²) in [4.78, 5) is 8.06. The van der Waals surface area contributed by atoms with E-state index in [1.807, 2.05) is 6.07 Å². The lowest BCUT2D eigenvalue weighted by Gasteiger charge is -2.10. The van der Waals surface area contributed by atoms with Crippen LogP contribution < -0.4 is 0 Å². The summed E-state index contributed by atoms with van der Waals surface area (Å²) < 4.78 is 40.2. The molecule has 0 radical (unpaired) electrons. The summed E-state index contributed by atoms with van der Waals surface area (Å²) in [5.74, 6) is 0. The Labute approximate surface area is 144 Å². The summed E-state index contributed by atoms with van der Waals surface area (Å²) >= 11 is 11.8. The molecule has 0 saturated heterocycles. The summed E-state index contributed by atoms with van der Waals surface area (Å²) in [7, 11) is 0. The molecule has 0 unspecified atom stereocenters. The third-order valence-electron chi connectivity index (χ3n) is 3.37. The van der Waals surface area contributed by atoms with E-state index in [-0.39, 0.29) is 17.3 Å². The smallest absolute Gasteiger partial charge is 0.309 e. The molecule has 0 spiro atoms. The maximum atomic E-state index is 12.9. The number of aromatic nitrogens is 3. The number of rotatable bonds is 2. The molecular weight excluding hydrogens is 364 g/mol. The van der Waals surface area contributed by atoms with E-state index in [0.717, 1.165) is 6.07 Å². The molecule has 0 aliphatic heterocycles. The van der Waals surface area contributed by atoms with Gasteiger partial charge in [0.15, 0.2) is 0 Å². The quantitative estimate of drug-likeness (QED) is 0.658. The molecule has 1 aromatic carbocycles. The van der Waals surface area contributed by atoms with E-state index in [0.29, 0.717) is 16.8 Å². The highest BCUT2D eigenvalue weighted by atomic mass is 35.5. The van der Waals surface area contributed by atoms with Gasteiger partial charge in [-0.05, 0) is 35.9 Å². The summed E-state index contributed by atoms with van der Waals surface area (Å²) in [6.07, 6.45) is -3.17. The molecule has 0 bridgehead atoms. The van der Waals surface area contributed by atoms with Gasteiger partial charge in [-0.2, -0.15) is 18.4 Å². The van der Waals surface area contributed by atoms with E-state index in [4.69, 9.17) is 28.5 Å². The molecule has 0 aliphatic rings. The molecule has 122 valence electrons. The number of imidazole rings is 1. The van der Waals surface area contributed by atoms with Gasteiger partial charge in [0.25, 0.3) is 0 Å². The van der Waals surface area contributed by atoms with Gasteiger partial charge in [0.1, 0.15) is 6.07 Å². The molecule has 4 nitrogen and oxygen atoms in total. The molecule has 0 aliphatic carbocycles. The van der Waals surface area contributed by atoms with Crippen molar-refractivity contribution < 1.29 is 13.2 Å². The van der Waals surface area contributed by atoms with Crippen molar-refractivity contribution in [1.82, 2.24) is 14.5 Å². The summed E-state index contributed by atoms with van der Waals surface area (Å²) in [6.45, 7) is 0.183. The molecule has 0 N–H and O–H groups in total. The van der Waals surface area contributed by atoms with Crippen molar-refractivity contribution in [2.45, 2.75) is 12.7 Å². The Morgan fingerprint density at radius 2 is 1.96 bits per heavy atom. The van der Waals surface area contributed by atoms with Crippen molar-refractivity contribution in [2.24, 2.45) is 0 Å². The van der Waals surface area contributed by atoms with E-state index in [1.54, 1.807) is 12.1 Å². The molecule has 3 rings (SSSR count). The van der Waals surface area contributed by atoms with Crippen molar-refractivity contribution in [3.63, 3.8) is 0 Å². The van der Waals surface area contributed by atoms with E-state index in [2.05, 4.69) is 9.97 Å². The molecule has 0 fully saturated rings. The molecule has 0 saturated carbocycles. The highest BCUT2D eigenvalue weighted by Gasteiger charge is 2.34. The molecule has 2 heterocycles. The highest BCUT2D eigenvalue weighted by Crippen LogP contribution is 2.37. The van der Waals surface area contributed by atoms with Crippen LogP contribution in [0.25, 0.3) is 11.0 Å². The molecule has 24 heavy (non-hydrogen) atoms. The average Bonchev–Trinajstić information content (AvgIpc) is 2.82. The minimum absolute atomic E-state index is 0.0200. The Hall–Kier alpha value is -2.30. The maximum absolute atomic E-state index is 12.9. The van der Waals surface area contributed by atoms with Crippen LogP contribution in [0.15, 0.2) is 30.5 Å². The number of nitrogens with zero attached hydrogens (tertiary/aromatic N) is 4. The fourth-order valence-corrected chi connectivity index (χ4v) is 2.74. The van der Waals surface area contributed by atoms with Gasteiger partial charge in [-0.1, -0.05) is 11.6 Å². The number of hydrogen-bond acceptors (Lipinski definition) is 3. The van der Waals surface area contributed by atoms with Gasteiger partial charge >= 0.3 is 6.18 Å². The number of pyridine rings is 1. The number of alkyl halides is 3. The summed E-state index contributed by atoms with van der Waals surface area (Å²) in [5.41, 5.74) is 0.466. The largest absolute Gasteiger partial charge is 0.417 e. The Morgan fingerprint density at radius 1 is 1.21 bits per heavy atom. The van der Waals surface area contributed by atoms with Crippen LogP contribution in [-0.4, -0.2) is 14.5 Å². The minimum Gasteiger partial charge on any atom is -0.309 e. The lowest BCUT2D eigenvalue weighted by Crippen LogP contribution is -2.06. The van der Waals surface area contributed by atoms with Gasteiger partial charge < -0.3 is 4.57 Å². The number of nitriles is 1. The van der Waals surface area contributed by atoms with Crippen molar-refractivity contribution >= 4 is 34.2 Å². The Morgan fingerprint density at radius 3 is 2.54 bits per heavy atom. The topological polar surface area (TPSA) is 54.5 Å². The third kappa shape index (κ3) is 3.03. The van der Waals surface area contributed by atoms with Crippen LogP contribution in [0, 0.1) is 11.3 Å². The fraction of sp³-hybridized carbons (Fsp3) is 0.133. The van der Waals surface area contributed by atoms with Gasteiger partial charge in [0.05, 0.1) is 39.4 Å². The number of halogens is 5. The van der Waals surface area contributed by atoms with Crippen LogP contribution >= 0.6 is 23.2 Å². The van der Waals surface area contributed by atoms with E-state index >= 15 is 0 Å².